The van der Waals surface area contributed by atoms with Gasteiger partial charge in [-0.3, -0.25) is 0 Å². The summed E-state index contributed by atoms with van der Waals surface area (Å²) in [6.07, 6.45) is 14.3. The van der Waals surface area contributed by atoms with E-state index < -0.39 is 5.60 Å². The van der Waals surface area contributed by atoms with Gasteiger partial charge in [0.25, 0.3) is 0 Å². The zero-order chi connectivity index (χ0) is 17.2. The predicted molar refractivity (Wildman–Crippen MR) is 99.2 cm³/mol. The molecule has 4 fully saturated rings. The Hall–Kier alpha value is -0.370. The minimum absolute atomic E-state index is 0.0374. The zero-order valence-electron chi connectivity index (χ0n) is 16.0. The molecule has 2 heteroatoms. The molecule has 24 heavy (non-hydrogen) atoms. The second-order valence-electron chi connectivity index (χ2n) is 10.4. The maximum Gasteiger partial charge on any atom is 0.105 e. The number of hydrogen-bond donors (Lipinski definition) is 2. The van der Waals surface area contributed by atoms with E-state index in [0.717, 1.165) is 42.9 Å². The van der Waals surface area contributed by atoms with Gasteiger partial charge in [-0.05, 0) is 86.4 Å². The molecule has 4 rings (SSSR count). The van der Waals surface area contributed by atoms with Crippen LogP contribution in [0.5, 0.6) is 0 Å². The van der Waals surface area contributed by atoms with Crippen LogP contribution < -0.4 is 0 Å². The van der Waals surface area contributed by atoms with E-state index in [1.54, 1.807) is 0 Å². The SMILES string of the molecule is CCC1CCC2C3CCC4(C)C(CCC4(O)C=N)C3CC[C@]2(C)C1. The Morgan fingerprint density at radius 2 is 1.67 bits per heavy atom. The standard InChI is InChI=1S/C22H37NO/c1-4-15-5-6-18-16-8-11-21(3)19(9-12-22(21,24)14-23)17(16)7-10-20(18,2)13-15/h14-19,23-24H,4-13H2,1-3H3/t15?,16?,17?,18?,19?,20-,21?,22?/m1/s1. The molecule has 8 atom stereocenters. The molecule has 0 saturated heterocycles. The molecular formula is C22H37NO. The van der Waals surface area contributed by atoms with Gasteiger partial charge in [-0.15, -0.1) is 0 Å². The summed E-state index contributed by atoms with van der Waals surface area (Å²) in [5, 5.41) is 18.9. The molecule has 0 aliphatic heterocycles. The van der Waals surface area contributed by atoms with Crippen LogP contribution in [0, 0.1) is 45.8 Å². The third-order valence-corrected chi connectivity index (χ3v) is 9.63. The van der Waals surface area contributed by atoms with E-state index >= 15 is 0 Å². The van der Waals surface area contributed by atoms with Crippen LogP contribution >= 0.6 is 0 Å². The fourth-order valence-electron chi connectivity index (χ4n) is 8.06. The van der Waals surface area contributed by atoms with E-state index in [1.807, 2.05) is 0 Å². The topological polar surface area (TPSA) is 44.1 Å². The van der Waals surface area contributed by atoms with Crippen molar-refractivity contribution in [3.8, 4) is 0 Å². The second-order valence-corrected chi connectivity index (χ2v) is 10.4. The Bertz CT molecular complexity index is 518. The molecule has 0 aromatic heterocycles. The minimum atomic E-state index is -0.830. The Morgan fingerprint density at radius 3 is 2.38 bits per heavy atom. The molecular weight excluding hydrogens is 294 g/mol. The molecule has 2 nitrogen and oxygen atoms in total. The fraction of sp³-hybridized carbons (Fsp3) is 0.955. The van der Waals surface area contributed by atoms with Gasteiger partial charge in [0, 0.05) is 11.6 Å². The van der Waals surface area contributed by atoms with E-state index in [0.29, 0.717) is 11.3 Å². The van der Waals surface area contributed by atoms with E-state index in [2.05, 4.69) is 20.8 Å². The lowest BCUT2D eigenvalue weighted by atomic mass is 9.45. The van der Waals surface area contributed by atoms with Crippen LogP contribution in [0.15, 0.2) is 0 Å². The van der Waals surface area contributed by atoms with Gasteiger partial charge in [0.15, 0.2) is 0 Å². The van der Waals surface area contributed by atoms with Crippen LogP contribution in [0.4, 0.5) is 0 Å². The maximum atomic E-state index is 11.1. The Morgan fingerprint density at radius 1 is 0.958 bits per heavy atom. The molecule has 0 radical (unpaired) electrons. The van der Waals surface area contributed by atoms with Crippen LogP contribution in [-0.2, 0) is 0 Å². The van der Waals surface area contributed by atoms with E-state index in [4.69, 9.17) is 5.41 Å². The van der Waals surface area contributed by atoms with Crippen molar-refractivity contribution in [1.29, 1.82) is 5.41 Å². The molecule has 4 saturated carbocycles. The van der Waals surface area contributed by atoms with Crippen LogP contribution in [-0.4, -0.2) is 16.9 Å². The number of aliphatic hydroxyl groups is 1. The number of rotatable bonds is 2. The van der Waals surface area contributed by atoms with Crippen molar-refractivity contribution in [2.75, 3.05) is 0 Å². The smallest absolute Gasteiger partial charge is 0.105 e. The van der Waals surface area contributed by atoms with Gasteiger partial charge in [-0.1, -0.05) is 33.6 Å². The highest BCUT2D eigenvalue weighted by molar-refractivity contribution is 5.67. The van der Waals surface area contributed by atoms with E-state index in [9.17, 15) is 5.11 Å². The van der Waals surface area contributed by atoms with Crippen molar-refractivity contribution in [1.82, 2.24) is 0 Å². The first kappa shape index (κ1) is 17.1. The molecule has 136 valence electrons. The number of fused-ring (bicyclic) bond motifs is 5. The molecule has 0 heterocycles. The molecule has 0 bridgehead atoms. The minimum Gasteiger partial charge on any atom is -0.384 e. The second kappa shape index (κ2) is 5.56. The van der Waals surface area contributed by atoms with Crippen molar-refractivity contribution in [2.45, 2.75) is 90.6 Å². The first-order chi connectivity index (χ1) is 11.4. The lowest BCUT2D eigenvalue weighted by molar-refractivity contribution is -0.125. The van der Waals surface area contributed by atoms with Crippen LogP contribution in [0.2, 0.25) is 0 Å². The first-order valence-electron chi connectivity index (χ1n) is 10.6. The Balaban J connectivity index is 1.60. The first-order valence-corrected chi connectivity index (χ1v) is 10.6. The average Bonchev–Trinajstić information content (AvgIpc) is 2.85. The van der Waals surface area contributed by atoms with Crippen molar-refractivity contribution >= 4 is 6.21 Å². The van der Waals surface area contributed by atoms with Crippen LogP contribution in [0.3, 0.4) is 0 Å². The lowest BCUT2D eigenvalue weighted by Gasteiger charge is -2.60. The normalized spacial score (nSPS) is 56.9. The summed E-state index contributed by atoms with van der Waals surface area (Å²) >= 11 is 0. The molecule has 0 amide bonds. The molecule has 7 unspecified atom stereocenters. The third-order valence-electron chi connectivity index (χ3n) is 9.63. The monoisotopic (exact) mass is 331 g/mol. The highest BCUT2D eigenvalue weighted by atomic mass is 16.3. The van der Waals surface area contributed by atoms with Gasteiger partial charge in [-0.2, -0.15) is 0 Å². The highest BCUT2D eigenvalue weighted by Crippen LogP contribution is 2.67. The molecule has 0 aromatic carbocycles. The fourth-order valence-corrected chi connectivity index (χ4v) is 8.06. The van der Waals surface area contributed by atoms with Gasteiger partial charge in [0.2, 0.25) is 0 Å². The largest absolute Gasteiger partial charge is 0.384 e. The van der Waals surface area contributed by atoms with Gasteiger partial charge >= 0.3 is 0 Å². The summed E-state index contributed by atoms with van der Waals surface area (Å²) in [6.45, 7) is 7.28. The van der Waals surface area contributed by atoms with Gasteiger partial charge < -0.3 is 10.5 Å². The summed E-state index contributed by atoms with van der Waals surface area (Å²) in [5.74, 6) is 4.25. The van der Waals surface area contributed by atoms with Crippen LogP contribution in [0.25, 0.3) is 0 Å². The van der Waals surface area contributed by atoms with Crippen molar-refractivity contribution in [3.63, 3.8) is 0 Å². The highest BCUT2D eigenvalue weighted by Gasteiger charge is 2.63. The number of nitrogens with one attached hydrogen (secondary N) is 1. The molecule has 0 aromatic rings. The quantitative estimate of drug-likeness (QED) is 0.650. The maximum absolute atomic E-state index is 11.1. The summed E-state index contributed by atoms with van der Waals surface area (Å²) in [4.78, 5) is 0. The van der Waals surface area contributed by atoms with Crippen molar-refractivity contribution < 1.29 is 5.11 Å². The third kappa shape index (κ3) is 2.14. The predicted octanol–water partition coefficient (Wildman–Crippen LogP) is 5.44. The molecule has 4 aliphatic rings. The van der Waals surface area contributed by atoms with Crippen molar-refractivity contribution in [2.24, 2.45) is 40.4 Å². The molecule has 2 N–H and O–H groups in total. The van der Waals surface area contributed by atoms with Gasteiger partial charge in [0.1, 0.15) is 5.60 Å². The lowest BCUT2D eigenvalue weighted by Crippen LogP contribution is -2.55. The summed E-state index contributed by atoms with van der Waals surface area (Å²) in [6, 6.07) is 0. The molecule has 0 spiro atoms. The van der Waals surface area contributed by atoms with E-state index in [-0.39, 0.29) is 5.41 Å². The Kier molecular flexibility index (Phi) is 3.95. The molecule has 4 aliphatic carbocycles. The summed E-state index contributed by atoms with van der Waals surface area (Å²) in [7, 11) is 0. The average molecular weight is 332 g/mol. The number of hydrogen-bond acceptors (Lipinski definition) is 2. The summed E-state index contributed by atoms with van der Waals surface area (Å²) in [5.41, 5.74) is -0.280. The zero-order valence-corrected chi connectivity index (χ0v) is 16.0. The van der Waals surface area contributed by atoms with E-state index in [1.165, 1.54) is 51.2 Å². The van der Waals surface area contributed by atoms with Gasteiger partial charge in [0.05, 0.1) is 0 Å². The Labute approximate surface area is 148 Å². The van der Waals surface area contributed by atoms with Crippen LogP contribution in [0.1, 0.15) is 85.0 Å². The van der Waals surface area contributed by atoms with Gasteiger partial charge in [-0.25, -0.2) is 0 Å². The van der Waals surface area contributed by atoms with Crippen molar-refractivity contribution in [3.05, 3.63) is 0 Å². The summed E-state index contributed by atoms with van der Waals surface area (Å²) < 4.78 is 0.